The fraction of sp³-hybridized carbons (Fsp3) is 0. The Morgan fingerprint density at radius 1 is 0.255 bits per heavy atom. The molecule has 0 fully saturated rings. The molecule has 94 heavy (non-hydrogen) atoms. The van der Waals surface area contributed by atoms with Crippen LogP contribution in [0.1, 0.15) is 0 Å². The van der Waals surface area contributed by atoms with Crippen molar-refractivity contribution in [2.24, 2.45) is 0 Å². The number of aromatic nitrogens is 2. The van der Waals surface area contributed by atoms with Crippen molar-refractivity contribution in [1.82, 2.24) is 9.97 Å². The molecule has 0 atom stereocenters. The van der Waals surface area contributed by atoms with Crippen LogP contribution in [-0.2, 0) is 0 Å². The summed E-state index contributed by atoms with van der Waals surface area (Å²) in [6.45, 7) is 0. The van der Waals surface area contributed by atoms with Crippen LogP contribution >= 0.6 is 22.7 Å². The third kappa shape index (κ3) is 8.23. The molecule has 0 amide bonds. The summed E-state index contributed by atoms with van der Waals surface area (Å²) in [5, 5.41) is 12.4. The van der Waals surface area contributed by atoms with Gasteiger partial charge in [0, 0.05) is 88.1 Å². The van der Waals surface area contributed by atoms with Gasteiger partial charge in [-0.05, 0) is 213 Å². The van der Waals surface area contributed by atoms with Crippen molar-refractivity contribution in [1.29, 1.82) is 0 Å². The molecule has 4 heterocycles. The Morgan fingerprint density at radius 3 is 1.64 bits per heavy atom. The molecule has 0 N–H and O–H groups in total. The molecule has 0 saturated carbocycles. The zero-order chi connectivity index (χ0) is 61.5. The van der Waals surface area contributed by atoms with Crippen LogP contribution in [0.2, 0.25) is 0 Å². The van der Waals surface area contributed by atoms with Crippen LogP contribution in [0.3, 0.4) is 0 Å². The lowest BCUT2D eigenvalue weighted by Gasteiger charge is -2.27. The quantitative estimate of drug-likeness (QED) is 0.137. The first-order valence-corrected chi connectivity index (χ1v) is 33.6. The molecule has 0 saturated heterocycles. The first-order chi connectivity index (χ1) is 46.6. The number of hydrogen-bond acceptors (Lipinski definition) is 6. The highest BCUT2D eigenvalue weighted by Gasteiger charge is 2.29. The third-order valence-corrected chi connectivity index (χ3v) is 21.9. The predicted octanol–water partition coefficient (Wildman–Crippen LogP) is 25.6. The van der Waals surface area contributed by atoms with Gasteiger partial charge in [0.05, 0.1) is 5.69 Å². The zero-order valence-electron chi connectivity index (χ0n) is 50.6. The molecule has 18 aromatic rings. The van der Waals surface area contributed by atoms with E-state index in [9.17, 15) is 0 Å². The third-order valence-electron chi connectivity index (χ3n) is 19.7. The van der Waals surface area contributed by atoms with Crippen LogP contribution < -0.4 is 9.80 Å². The molecule has 0 unspecified atom stereocenters. The topological polar surface area (TPSA) is 32.3 Å². The van der Waals surface area contributed by atoms with Crippen molar-refractivity contribution in [3.05, 3.63) is 316 Å². The molecule has 0 aliphatic heterocycles. The first-order valence-electron chi connectivity index (χ1n) is 32.0. The second-order valence-electron chi connectivity index (χ2n) is 24.8. The van der Waals surface area contributed by atoms with Gasteiger partial charge in [-0.25, -0.2) is 4.98 Å². The van der Waals surface area contributed by atoms with Crippen LogP contribution in [0, 0.1) is 0 Å². The van der Waals surface area contributed by atoms with Gasteiger partial charge in [0.25, 0.3) is 0 Å². The number of hydrogen-bond donors (Lipinski definition) is 0. The van der Waals surface area contributed by atoms with E-state index in [2.05, 4.69) is 306 Å². The summed E-state index contributed by atoms with van der Waals surface area (Å²) in [6.07, 6.45) is 5.78. The van der Waals surface area contributed by atoms with E-state index in [1.807, 2.05) is 36.0 Å². The van der Waals surface area contributed by atoms with Crippen LogP contribution in [0.15, 0.2) is 316 Å². The number of thiophene rings is 2. The molecule has 0 bridgehead atoms. The molecule has 14 aromatic carbocycles. The van der Waals surface area contributed by atoms with Gasteiger partial charge in [0.2, 0.25) is 0 Å². The van der Waals surface area contributed by atoms with Gasteiger partial charge in [-0.2, -0.15) is 0 Å². The van der Waals surface area contributed by atoms with Crippen molar-refractivity contribution in [2.75, 3.05) is 9.80 Å². The molecule has 2 aliphatic rings. The van der Waals surface area contributed by atoms with E-state index in [4.69, 9.17) is 4.98 Å². The minimum atomic E-state index is 1.06. The average Bonchev–Trinajstić information content (AvgIpc) is 1.60. The molecule has 2 aliphatic carbocycles. The number of fused-ring (bicyclic) bond motifs is 13. The second-order valence-corrected chi connectivity index (χ2v) is 26.9. The summed E-state index contributed by atoms with van der Waals surface area (Å²) in [6, 6.07) is 111. The number of pyridine rings is 2. The Bertz CT molecular complexity index is 6160. The Labute approximate surface area is 550 Å². The van der Waals surface area contributed by atoms with Gasteiger partial charge >= 0.3 is 0 Å². The summed E-state index contributed by atoms with van der Waals surface area (Å²) in [4.78, 5) is 15.2. The maximum absolute atomic E-state index is 4.75. The summed E-state index contributed by atoms with van der Waals surface area (Å²) < 4.78 is 3.69. The van der Waals surface area contributed by atoms with Crippen molar-refractivity contribution in [3.63, 3.8) is 0 Å². The fourth-order valence-electron chi connectivity index (χ4n) is 15.4. The van der Waals surface area contributed by atoms with Crippen LogP contribution in [0.25, 0.3) is 162 Å². The van der Waals surface area contributed by atoms with E-state index in [1.54, 1.807) is 11.3 Å². The highest BCUT2D eigenvalue weighted by molar-refractivity contribution is 7.26. The standard InChI is InChI=1S/C88H52N4S2/c1-2-18-66-54(12-1)13-9-23-67(66)55-29-34-61(35-30-55)91(63-36-40-73-80-52-89-45-43-82(80)93-83(73)50-63)65-48-60-31-38-68(87-75-22-6-5-21-71(75)79(49-65)85(60)87)59-17-8-16-58(47-59)57-15-7-14-56(46-57)53-27-32-62(33-28-53)92(64-37-39-72-77-26-11-44-90-88(77)94-84(72)51-64)81-42-41-76-70-20-4-3-19-69(70)74-24-10-25-78(81)86(74)76/h1-52H. The van der Waals surface area contributed by atoms with Crippen LogP contribution in [0.4, 0.5) is 34.1 Å². The SMILES string of the molecule is c1cc(-c2ccc(N(c3ccc4c(c3)sc3ncccc34)c3ccc4c5c(cccc35)-c3ccccc3-4)cc2)cc(-c2cccc(-c3ccc4cc(N(c5ccc(-c6cccc7ccccc67)cc5)c5ccc6c(c5)sc5ccncc56)cc5c4c3-c3ccccc3-5)c2)c1. The monoisotopic (exact) mass is 1230 g/mol. The van der Waals surface area contributed by atoms with E-state index < -0.39 is 0 Å². The molecule has 0 spiro atoms. The van der Waals surface area contributed by atoms with Gasteiger partial charge in [0.1, 0.15) is 4.83 Å². The molecule has 20 rings (SSSR count). The number of nitrogens with zero attached hydrogens (tertiary/aromatic N) is 4. The molecular formula is C88H52N4S2. The molecule has 0 radical (unpaired) electrons. The lowest BCUT2D eigenvalue weighted by atomic mass is 9.91. The van der Waals surface area contributed by atoms with E-state index in [-0.39, 0.29) is 0 Å². The van der Waals surface area contributed by atoms with E-state index >= 15 is 0 Å². The first kappa shape index (κ1) is 52.9. The Morgan fingerprint density at radius 2 is 0.830 bits per heavy atom. The van der Waals surface area contributed by atoms with E-state index in [0.717, 1.165) is 50.1 Å². The summed E-state index contributed by atoms with van der Waals surface area (Å²) >= 11 is 3.58. The van der Waals surface area contributed by atoms with E-state index in [1.165, 1.54) is 146 Å². The van der Waals surface area contributed by atoms with Crippen LogP contribution in [0.5, 0.6) is 0 Å². The fourth-order valence-corrected chi connectivity index (χ4v) is 17.6. The molecule has 6 heteroatoms. The second kappa shape index (κ2) is 20.9. The molecular weight excluding hydrogens is 1180 g/mol. The Hall–Kier alpha value is -11.8. The molecule has 4 aromatic heterocycles. The number of anilines is 6. The normalized spacial score (nSPS) is 12.0. The van der Waals surface area contributed by atoms with Gasteiger partial charge in [0.15, 0.2) is 0 Å². The number of benzene rings is 14. The lowest BCUT2D eigenvalue weighted by molar-refractivity contribution is 1.30. The molecule has 436 valence electrons. The largest absolute Gasteiger partial charge is 0.310 e. The minimum absolute atomic E-state index is 1.06. The van der Waals surface area contributed by atoms with Gasteiger partial charge in [-0.3, -0.25) is 4.98 Å². The maximum Gasteiger partial charge on any atom is 0.124 e. The van der Waals surface area contributed by atoms with Gasteiger partial charge in [-0.1, -0.05) is 200 Å². The Balaban J connectivity index is 0.663. The lowest BCUT2D eigenvalue weighted by Crippen LogP contribution is -2.10. The predicted molar refractivity (Wildman–Crippen MR) is 400 cm³/mol. The highest BCUT2D eigenvalue weighted by Crippen LogP contribution is 2.55. The minimum Gasteiger partial charge on any atom is -0.310 e. The van der Waals surface area contributed by atoms with Crippen molar-refractivity contribution >= 4 is 130 Å². The summed E-state index contributed by atoms with van der Waals surface area (Å²) in [7, 11) is 0. The van der Waals surface area contributed by atoms with Crippen molar-refractivity contribution in [2.45, 2.75) is 0 Å². The van der Waals surface area contributed by atoms with E-state index in [0.29, 0.717) is 0 Å². The van der Waals surface area contributed by atoms with Gasteiger partial charge < -0.3 is 9.80 Å². The van der Waals surface area contributed by atoms with Crippen LogP contribution in [-0.4, -0.2) is 9.97 Å². The van der Waals surface area contributed by atoms with Gasteiger partial charge in [-0.15, -0.1) is 22.7 Å². The smallest absolute Gasteiger partial charge is 0.124 e. The average molecular weight is 1230 g/mol. The Kier molecular flexibility index (Phi) is 11.7. The summed E-state index contributed by atoms with van der Waals surface area (Å²) in [5.41, 5.74) is 26.4. The number of rotatable bonds is 10. The van der Waals surface area contributed by atoms with Crippen molar-refractivity contribution < 1.29 is 0 Å². The summed E-state index contributed by atoms with van der Waals surface area (Å²) in [5.74, 6) is 0. The molecule has 4 nitrogen and oxygen atoms in total. The highest BCUT2D eigenvalue weighted by atomic mass is 32.1. The van der Waals surface area contributed by atoms with Crippen molar-refractivity contribution in [3.8, 4) is 89.0 Å². The maximum atomic E-state index is 4.75. The zero-order valence-corrected chi connectivity index (χ0v) is 52.3.